The minimum absolute atomic E-state index is 0.0856. The van der Waals surface area contributed by atoms with Gasteiger partial charge in [0.1, 0.15) is 5.75 Å². The maximum atomic E-state index is 12.3. The fourth-order valence-electron chi connectivity index (χ4n) is 2.13. The van der Waals surface area contributed by atoms with E-state index < -0.39 is 0 Å². The molecule has 0 saturated carbocycles. The topological polar surface area (TPSA) is 66.4 Å². The van der Waals surface area contributed by atoms with Crippen LogP contribution in [0.25, 0.3) is 0 Å². The first-order valence-electron chi connectivity index (χ1n) is 6.70. The summed E-state index contributed by atoms with van der Waals surface area (Å²) in [6.07, 6.45) is 0.175. The third-order valence-corrected chi connectivity index (χ3v) is 3.16. The molecule has 0 unspecified atom stereocenters. The fourth-order valence-corrected chi connectivity index (χ4v) is 2.13. The summed E-state index contributed by atoms with van der Waals surface area (Å²) in [5.74, 6) is -0.145. The van der Waals surface area contributed by atoms with E-state index in [0.29, 0.717) is 5.56 Å². The summed E-state index contributed by atoms with van der Waals surface area (Å²) in [6.45, 7) is 1.43. The molecule has 0 saturated heterocycles. The van der Waals surface area contributed by atoms with E-state index >= 15 is 0 Å². The molecule has 0 spiro atoms. The van der Waals surface area contributed by atoms with E-state index in [-0.39, 0.29) is 29.9 Å². The number of carbonyl (C=O) groups excluding carboxylic acids is 2. The van der Waals surface area contributed by atoms with Crippen LogP contribution < -0.4 is 5.32 Å². The lowest BCUT2D eigenvalue weighted by Crippen LogP contribution is -2.28. The molecule has 2 aromatic carbocycles. The number of aromatic hydroxyl groups is 1. The average molecular weight is 283 g/mol. The first kappa shape index (κ1) is 14.8. The molecule has 0 radical (unpaired) electrons. The Bertz CT molecular complexity index is 620. The monoisotopic (exact) mass is 283 g/mol. The van der Waals surface area contributed by atoms with Crippen molar-refractivity contribution in [2.75, 3.05) is 0 Å². The van der Waals surface area contributed by atoms with E-state index in [0.717, 1.165) is 5.56 Å². The van der Waals surface area contributed by atoms with Crippen molar-refractivity contribution in [1.82, 2.24) is 5.32 Å². The van der Waals surface area contributed by atoms with Crippen molar-refractivity contribution in [3.05, 3.63) is 65.7 Å². The number of ketones is 1. The molecule has 2 rings (SSSR count). The molecular formula is C17H17NO3. The Morgan fingerprint density at radius 1 is 1.05 bits per heavy atom. The number of phenols is 1. The number of carbonyl (C=O) groups is 2. The molecule has 1 atom stereocenters. The fraction of sp³-hybridized carbons (Fsp3) is 0.176. The lowest BCUT2D eigenvalue weighted by Gasteiger charge is -2.17. The number of nitrogens with one attached hydrogen (secondary N) is 1. The third-order valence-electron chi connectivity index (χ3n) is 3.16. The summed E-state index contributed by atoms with van der Waals surface area (Å²) >= 11 is 0. The Morgan fingerprint density at radius 2 is 1.67 bits per heavy atom. The zero-order chi connectivity index (χ0) is 15.2. The van der Waals surface area contributed by atoms with Gasteiger partial charge >= 0.3 is 0 Å². The lowest BCUT2D eigenvalue weighted by molar-refractivity contribution is -0.119. The molecule has 1 amide bonds. The highest BCUT2D eigenvalue weighted by Gasteiger charge is 2.17. The van der Waals surface area contributed by atoms with Crippen LogP contribution in [0.1, 0.15) is 35.3 Å². The average Bonchev–Trinajstić information content (AvgIpc) is 2.47. The number of hydrogen-bond acceptors (Lipinski definition) is 3. The summed E-state index contributed by atoms with van der Waals surface area (Å²) in [5, 5.41) is 12.0. The van der Waals surface area contributed by atoms with Crippen LogP contribution in [0, 0.1) is 0 Å². The molecule has 4 heteroatoms. The normalized spacial score (nSPS) is 11.7. The van der Waals surface area contributed by atoms with Crippen LogP contribution in [0.5, 0.6) is 5.75 Å². The number of hydrogen-bond donors (Lipinski definition) is 2. The van der Waals surface area contributed by atoms with E-state index in [4.69, 9.17) is 0 Å². The third kappa shape index (κ3) is 4.18. The van der Waals surface area contributed by atoms with E-state index in [1.54, 1.807) is 12.1 Å². The Hall–Kier alpha value is -2.62. The molecule has 0 aromatic heterocycles. The molecule has 0 aliphatic carbocycles. The first-order chi connectivity index (χ1) is 10.1. The smallest absolute Gasteiger partial charge is 0.217 e. The second kappa shape index (κ2) is 6.70. The van der Waals surface area contributed by atoms with Gasteiger partial charge in [-0.15, -0.1) is 0 Å². The molecule has 2 aromatic rings. The van der Waals surface area contributed by atoms with E-state index in [1.165, 1.54) is 19.1 Å². The highest BCUT2D eigenvalue weighted by Crippen LogP contribution is 2.20. The second-order valence-electron chi connectivity index (χ2n) is 4.84. The predicted molar refractivity (Wildman–Crippen MR) is 80.1 cm³/mol. The van der Waals surface area contributed by atoms with E-state index in [2.05, 4.69) is 5.32 Å². The van der Waals surface area contributed by atoms with Gasteiger partial charge in [0.05, 0.1) is 6.04 Å². The van der Waals surface area contributed by atoms with Gasteiger partial charge in [0.15, 0.2) is 5.78 Å². The Morgan fingerprint density at radius 3 is 2.24 bits per heavy atom. The van der Waals surface area contributed by atoms with E-state index in [9.17, 15) is 14.7 Å². The van der Waals surface area contributed by atoms with Crippen molar-refractivity contribution in [2.45, 2.75) is 19.4 Å². The molecule has 0 fully saturated rings. The number of phenolic OH excluding ortho intramolecular Hbond substituents is 1. The molecule has 21 heavy (non-hydrogen) atoms. The van der Waals surface area contributed by atoms with Crippen molar-refractivity contribution in [3.8, 4) is 5.75 Å². The zero-order valence-electron chi connectivity index (χ0n) is 11.7. The summed E-state index contributed by atoms with van der Waals surface area (Å²) < 4.78 is 0. The van der Waals surface area contributed by atoms with Crippen molar-refractivity contribution < 1.29 is 14.7 Å². The minimum atomic E-state index is -0.356. The van der Waals surface area contributed by atoms with Crippen LogP contribution in [-0.4, -0.2) is 16.8 Å². The van der Waals surface area contributed by atoms with Gasteiger partial charge in [0.2, 0.25) is 5.91 Å². The number of Topliss-reactive ketones (excluding diaryl/α,β-unsaturated/α-hetero) is 1. The van der Waals surface area contributed by atoms with Gasteiger partial charge < -0.3 is 10.4 Å². The molecule has 0 aliphatic heterocycles. The van der Waals surface area contributed by atoms with Crippen molar-refractivity contribution in [3.63, 3.8) is 0 Å². The zero-order valence-corrected chi connectivity index (χ0v) is 11.7. The van der Waals surface area contributed by atoms with Crippen LogP contribution in [0.3, 0.4) is 0 Å². The van der Waals surface area contributed by atoms with Gasteiger partial charge in [-0.25, -0.2) is 0 Å². The minimum Gasteiger partial charge on any atom is -0.508 e. The summed E-state index contributed by atoms with van der Waals surface area (Å²) in [4.78, 5) is 23.6. The van der Waals surface area contributed by atoms with Gasteiger partial charge in [0, 0.05) is 18.9 Å². The van der Waals surface area contributed by atoms with E-state index in [1.807, 2.05) is 30.3 Å². The first-order valence-corrected chi connectivity index (χ1v) is 6.70. The quantitative estimate of drug-likeness (QED) is 0.829. The van der Waals surface area contributed by atoms with Gasteiger partial charge in [-0.05, 0) is 29.8 Å². The predicted octanol–water partition coefficient (Wildman–Crippen LogP) is 2.84. The Labute approximate surface area is 123 Å². The van der Waals surface area contributed by atoms with Crippen LogP contribution in [0.2, 0.25) is 0 Å². The van der Waals surface area contributed by atoms with Gasteiger partial charge in [0.25, 0.3) is 0 Å². The van der Waals surface area contributed by atoms with Crippen LogP contribution >= 0.6 is 0 Å². The summed E-state index contributed by atoms with van der Waals surface area (Å²) in [7, 11) is 0. The Balaban J connectivity index is 2.17. The summed E-state index contributed by atoms with van der Waals surface area (Å²) in [6, 6.07) is 15.1. The van der Waals surface area contributed by atoms with Crippen LogP contribution in [-0.2, 0) is 4.79 Å². The SMILES string of the molecule is CC(=O)N[C@@H](CC(=O)c1ccc(O)cc1)c1ccccc1. The Kier molecular flexibility index (Phi) is 4.72. The molecule has 108 valence electrons. The number of benzene rings is 2. The van der Waals surface area contributed by atoms with Gasteiger partial charge in [-0.3, -0.25) is 9.59 Å². The molecule has 4 nitrogen and oxygen atoms in total. The second-order valence-corrected chi connectivity index (χ2v) is 4.84. The van der Waals surface area contributed by atoms with Crippen LogP contribution in [0.15, 0.2) is 54.6 Å². The number of rotatable bonds is 5. The highest BCUT2D eigenvalue weighted by atomic mass is 16.3. The van der Waals surface area contributed by atoms with Gasteiger partial charge in [-0.1, -0.05) is 30.3 Å². The maximum Gasteiger partial charge on any atom is 0.217 e. The molecule has 0 heterocycles. The summed E-state index contributed by atoms with van der Waals surface area (Å²) in [5.41, 5.74) is 1.40. The molecule has 0 bridgehead atoms. The largest absolute Gasteiger partial charge is 0.508 e. The molecule has 0 aliphatic rings. The molecule has 2 N–H and O–H groups in total. The van der Waals surface area contributed by atoms with Crippen LogP contribution in [0.4, 0.5) is 0 Å². The highest BCUT2D eigenvalue weighted by molar-refractivity contribution is 5.96. The maximum absolute atomic E-state index is 12.3. The lowest BCUT2D eigenvalue weighted by atomic mass is 9.98. The van der Waals surface area contributed by atoms with Crippen molar-refractivity contribution >= 4 is 11.7 Å². The molecular weight excluding hydrogens is 266 g/mol. The van der Waals surface area contributed by atoms with Gasteiger partial charge in [-0.2, -0.15) is 0 Å². The standard InChI is InChI=1S/C17H17NO3/c1-12(19)18-16(13-5-3-2-4-6-13)11-17(21)14-7-9-15(20)10-8-14/h2-10,16,20H,11H2,1H3,(H,18,19)/t16-/m0/s1. The van der Waals surface area contributed by atoms with Crippen molar-refractivity contribution in [1.29, 1.82) is 0 Å². The number of amides is 1. The van der Waals surface area contributed by atoms with Crippen molar-refractivity contribution in [2.24, 2.45) is 0 Å².